The van der Waals surface area contributed by atoms with E-state index in [9.17, 15) is 21.2 Å². The number of hydrogen-bond donors (Lipinski definition) is 1. The summed E-state index contributed by atoms with van der Waals surface area (Å²) in [5.74, 6) is 0.613. The van der Waals surface area contributed by atoms with Gasteiger partial charge in [0.2, 0.25) is 0 Å². The molecular weight excluding hydrogens is 962 g/mol. The number of benzene rings is 4. The van der Waals surface area contributed by atoms with Gasteiger partial charge in [0, 0.05) is 89.3 Å². The third-order valence-electron chi connectivity index (χ3n) is 13.2. The molecule has 6 unspecified atom stereocenters. The summed E-state index contributed by atoms with van der Waals surface area (Å²) in [7, 11) is -7.04. The normalized spacial score (nSPS) is 26.7. The number of nitrogens with one attached hydrogen (secondary N) is 1. The van der Waals surface area contributed by atoms with Crippen molar-refractivity contribution in [2.45, 2.75) is 71.5 Å². The summed E-state index contributed by atoms with van der Waals surface area (Å²) >= 11 is 26.7. The number of sulfone groups is 2. The summed E-state index contributed by atoms with van der Waals surface area (Å²) in [6.45, 7) is 0.221. The Morgan fingerprint density at radius 3 is 1.81 bits per heavy atom. The molecule has 2 aliphatic heterocycles. The zero-order chi connectivity index (χ0) is 46.0. The van der Waals surface area contributed by atoms with Crippen molar-refractivity contribution in [1.82, 2.24) is 15.2 Å². The fraction of sp³-hybridized carbons (Fsp3) is 0.455. The van der Waals surface area contributed by atoms with Crippen molar-refractivity contribution in [1.29, 1.82) is 0 Å². The lowest BCUT2D eigenvalue weighted by atomic mass is 9.97. The van der Waals surface area contributed by atoms with Crippen LogP contribution in [-0.4, -0.2) is 120 Å². The van der Waals surface area contributed by atoms with Gasteiger partial charge in [-0.1, -0.05) is 46.4 Å². The summed E-state index contributed by atoms with van der Waals surface area (Å²) in [6.07, 6.45) is -3.73. The molecule has 10 nitrogen and oxygen atoms in total. The van der Waals surface area contributed by atoms with Crippen LogP contribution in [0, 0.1) is 0 Å². The second kappa shape index (κ2) is 18.0. The Hall–Kier alpha value is -2.90. The second-order valence-corrected chi connectivity index (χ2v) is 23.0. The number of rotatable bonds is 12. The van der Waals surface area contributed by atoms with E-state index in [4.69, 9.17) is 55.9 Å². The first-order valence-corrected chi connectivity index (χ1v) is 26.0. The third-order valence-corrected chi connectivity index (χ3v) is 16.6. The van der Waals surface area contributed by atoms with Gasteiger partial charge in [0.05, 0.1) is 22.4 Å². The summed E-state index contributed by atoms with van der Waals surface area (Å²) in [5, 5.41) is 1.34. The summed E-state index contributed by atoms with van der Waals surface area (Å²) in [5.41, 5.74) is 3.42. The van der Waals surface area contributed by atoms with Crippen molar-refractivity contribution in [3.05, 3.63) is 115 Å². The van der Waals surface area contributed by atoms with Gasteiger partial charge in [-0.3, -0.25) is 9.80 Å². The van der Waals surface area contributed by atoms with Crippen LogP contribution in [0.1, 0.15) is 47.3 Å². The van der Waals surface area contributed by atoms with Crippen LogP contribution in [0.4, 0.5) is 17.6 Å². The van der Waals surface area contributed by atoms with Crippen molar-refractivity contribution in [3.63, 3.8) is 0 Å². The molecule has 2 saturated heterocycles. The van der Waals surface area contributed by atoms with Gasteiger partial charge in [-0.2, -0.15) is 18.6 Å². The van der Waals surface area contributed by atoms with Crippen LogP contribution in [0.3, 0.4) is 0 Å². The lowest BCUT2D eigenvalue weighted by Crippen LogP contribution is -2.76. The van der Waals surface area contributed by atoms with Crippen molar-refractivity contribution in [2.24, 2.45) is 0 Å². The van der Waals surface area contributed by atoms with Gasteiger partial charge in [-0.05, 0) is 96.8 Å². The minimum Gasteiger partial charge on any atom is -0.484 e. The van der Waals surface area contributed by atoms with Crippen LogP contribution in [0.2, 0.25) is 20.1 Å². The molecular formula is C44H47Cl4F4N4O6S2+. The Kier molecular flexibility index (Phi) is 13.4. The average molecular weight is 1010 g/mol. The monoisotopic (exact) mass is 1010 g/mol. The van der Waals surface area contributed by atoms with Gasteiger partial charge < -0.3 is 9.47 Å². The van der Waals surface area contributed by atoms with E-state index in [0.29, 0.717) is 66.8 Å². The third kappa shape index (κ3) is 9.48. The van der Waals surface area contributed by atoms with Crippen LogP contribution >= 0.6 is 46.4 Å². The Morgan fingerprint density at radius 2 is 1.28 bits per heavy atom. The van der Waals surface area contributed by atoms with Crippen LogP contribution in [0.25, 0.3) is 0 Å². The zero-order valence-corrected chi connectivity index (χ0v) is 39.5. The highest BCUT2D eigenvalue weighted by Gasteiger charge is 2.65. The van der Waals surface area contributed by atoms with E-state index in [2.05, 4.69) is 5.43 Å². The quantitative estimate of drug-likeness (QED) is 0.110. The Morgan fingerprint density at radius 1 is 0.750 bits per heavy atom. The molecule has 346 valence electrons. The smallest absolute Gasteiger partial charge is 0.412 e. The van der Waals surface area contributed by atoms with E-state index < -0.39 is 68.9 Å². The Balaban J connectivity index is 1.18. The molecule has 6 atom stereocenters. The standard InChI is InChI=1S/C44H47Cl4F4N4O6S2/c1-63(57,58)31-8-4-29(5-9-31)61-41-35-20-27(45)22-37(47)33(35)24-39(41)55-15-12-43(26-55,44(50,51)52)53-56(18-3-14-54(16-13-49)17-19-56)40-25-34-36(21-28(46)23-38(34)48)42(40)62-30-6-10-32(11-7-30)64(2,59)60/h4-11,20-23,39-42,53H,3,12-19,24-26H2,1-2H3/q+1. The number of likely N-dealkylation sites (tertiary alicyclic amines) is 1. The van der Waals surface area contributed by atoms with Crippen molar-refractivity contribution in [2.75, 3.05) is 65.0 Å². The highest BCUT2D eigenvalue weighted by atomic mass is 35.5. The highest BCUT2D eigenvalue weighted by molar-refractivity contribution is 7.91. The van der Waals surface area contributed by atoms with Gasteiger partial charge >= 0.3 is 6.18 Å². The van der Waals surface area contributed by atoms with Crippen molar-refractivity contribution >= 4 is 66.1 Å². The van der Waals surface area contributed by atoms with Crippen LogP contribution in [0.15, 0.2) is 82.6 Å². The fourth-order valence-corrected chi connectivity index (χ4v) is 12.5. The number of nitrogens with zero attached hydrogens (tertiary/aromatic N) is 3. The lowest BCUT2D eigenvalue weighted by Gasteiger charge is -2.49. The molecule has 4 aromatic carbocycles. The minimum atomic E-state index is -4.79. The maximum absolute atomic E-state index is 16.3. The number of alkyl halides is 4. The molecule has 0 aromatic heterocycles. The molecule has 2 heterocycles. The Labute approximate surface area is 390 Å². The molecule has 0 amide bonds. The van der Waals surface area contributed by atoms with Gasteiger partial charge in [0.25, 0.3) is 0 Å². The molecule has 2 aliphatic carbocycles. The van der Waals surface area contributed by atoms with E-state index in [1.807, 2.05) is 4.90 Å². The van der Waals surface area contributed by atoms with Crippen molar-refractivity contribution < 1.29 is 48.5 Å². The maximum Gasteiger partial charge on any atom is 0.412 e. The molecule has 0 bridgehead atoms. The van der Waals surface area contributed by atoms with Crippen LogP contribution in [0.5, 0.6) is 11.5 Å². The largest absolute Gasteiger partial charge is 0.484 e. The Bertz CT molecular complexity index is 2630. The topological polar surface area (TPSA) is 105 Å². The maximum atomic E-state index is 16.3. The van der Waals surface area contributed by atoms with Gasteiger partial charge in [0.1, 0.15) is 30.8 Å². The van der Waals surface area contributed by atoms with Gasteiger partial charge in [-0.25, -0.2) is 25.8 Å². The molecule has 4 aliphatic rings. The SMILES string of the molecule is CS(=O)(=O)c1ccc(OC2c3cc(Cl)cc(Cl)c3CC2N2CCC(N[N+]3(C4Cc5c(Cl)cc(Cl)cc5C4Oc4ccc(S(C)(=O)=O)cc4)CCCN(CCF)CC3)(C(F)(F)F)C2)cc1. The first-order valence-electron chi connectivity index (χ1n) is 20.7. The van der Waals surface area contributed by atoms with Gasteiger partial charge in [-0.15, -0.1) is 0 Å². The number of fused-ring (bicyclic) bond motifs is 2. The predicted octanol–water partition coefficient (Wildman–Crippen LogP) is 8.90. The molecule has 0 radical (unpaired) electrons. The van der Waals surface area contributed by atoms with E-state index in [1.54, 1.807) is 29.2 Å². The van der Waals surface area contributed by atoms with E-state index in [-0.39, 0.29) is 66.4 Å². The first-order chi connectivity index (χ1) is 30.1. The highest BCUT2D eigenvalue weighted by Crippen LogP contribution is 2.50. The lowest BCUT2D eigenvalue weighted by molar-refractivity contribution is -0.999. The molecule has 20 heteroatoms. The van der Waals surface area contributed by atoms with Crippen LogP contribution in [-0.2, 0) is 32.5 Å². The summed E-state index contributed by atoms with van der Waals surface area (Å²) in [4.78, 5) is 3.86. The van der Waals surface area contributed by atoms with E-state index in [1.165, 1.54) is 48.5 Å². The molecule has 64 heavy (non-hydrogen) atoms. The molecule has 4 aromatic rings. The predicted molar refractivity (Wildman–Crippen MR) is 239 cm³/mol. The summed E-state index contributed by atoms with van der Waals surface area (Å²) < 4.78 is 125. The molecule has 2 fully saturated rings. The van der Waals surface area contributed by atoms with E-state index >= 15 is 13.2 Å². The molecule has 0 spiro atoms. The fourth-order valence-electron chi connectivity index (χ4n) is 10.0. The number of halogens is 8. The van der Waals surface area contributed by atoms with Crippen molar-refractivity contribution in [3.8, 4) is 11.5 Å². The van der Waals surface area contributed by atoms with Gasteiger partial charge in [0.15, 0.2) is 37.4 Å². The zero-order valence-electron chi connectivity index (χ0n) is 34.9. The molecule has 8 rings (SSSR count). The number of ether oxygens (including phenoxy) is 2. The molecule has 1 N–H and O–H groups in total. The van der Waals surface area contributed by atoms with Crippen LogP contribution < -0.4 is 14.9 Å². The summed E-state index contributed by atoms with van der Waals surface area (Å²) in [6, 6.07) is 17.0. The number of hydrogen-bond acceptors (Lipinski definition) is 9. The minimum absolute atomic E-state index is 0.0241. The number of quaternary nitrogens is 1. The van der Waals surface area contributed by atoms with E-state index in [0.717, 1.165) is 12.5 Å². The first kappa shape index (κ1) is 47.6. The molecule has 0 saturated carbocycles. The second-order valence-electron chi connectivity index (χ2n) is 17.3. The average Bonchev–Trinajstić information content (AvgIpc) is 3.87.